The van der Waals surface area contributed by atoms with Crippen LogP contribution in [0.5, 0.6) is 0 Å². The number of para-hydroxylation sites is 5. The van der Waals surface area contributed by atoms with Gasteiger partial charge in [-0.2, -0.15) is 0 Å². The molecule has 0 aliphatic heterocycles. The summed E-state index contributed by atoms with van der Waals surface area (Å²) >= 11 is 0. The monoisotopic (exact) mass is 815 g/mol. The summed E-state index contributed by atoms with van der Waals surface area (Å²) in [6.07, 6.45) is 0. The molecule has 10 aromatic carbocycles. The molecule has 4 heterocycles. The Morgan fingerprint density at radius 2 is 0.688 bits per heavy atom. The van der Waals surface area contributed by atoms with E-state index in [1.165, 1.54) is 82.2 Å². The smallest absolute Gasteiger partial charge is 0.136 e. The van der Waals surface area contributed by atoms with Gasteiger partial charge in [0.1, 0.15) is 11.2 Å². The number of nitrogens with zero attached hydrogens (tertiary/aromatic N) is 3. The summed E-state index contributed by atoms with van der Waals surface area (Å²) in [6, 6.07) is 81.4. The average Bonchev–Trinajstić information content (AvgIpc) is 4.10. The van der Waals surface area contributed by atoms with Gasteiger partial charge in [-0.3, -0.25) is 0 Å². The van der Waals surface area contributed by atoms with E-state index in [2.05, 4.69) is 238 Å². The summed E-state index contributed by atoms with van der Waals surface area (Å²) in [6.45, 7) is 0. The molecule has 0 N–H and O–H groups in total. The molecule has 14 rings (SSSR count). The molecule has 14 aromatic rings. The van der Waals surface area contributed by atoms with E-state index in [1.54, 1.807) is 0 Å². The molecule has 4 heteroatoms. The third-order valence-electron chi connectivity index (χ3n) is 13.4. The molecule has 0 radical (unpaired) electrons. The molecule has 0 saturated carbocycles. The van der Waals surface area contributed by atoms with Crippen LogP contribution in [0.1, 0.15) is 0 Å². The van der Waals surface area contributed by atoms with Gasteiger partial charge in [-0.1, -0.05) is 121 Å². The molecule has 0 spiro atoms. The van der Waals surface area contributed by atoms with Gasteiger partial charge in [-0.05, 0) is 125 Å². The number of benzene rings is 10. The Kier molecular flexibility index (Phi) is 7.36. The van der Waals surface area contributed by atoms with Crippen LogP contribution >= 0.6 is 0 Å². The number of aromatic nitrogens is 3. The molecule has 4 nitrogen and oxygen atoms in total. The lowest BCUT2D eigenvalue weighted by Gasteiger charge is -2.10. The normalized spacial score (nSPS) is 12.1. The van der Waals surface area contributed by atoms with Gasteiger partial charge < -0.3 is 18.1 Å². The standard InChI is InChI=1S/C60H37N3O/c1-3-14-41(15-4-1)61-52-22-10-7-18-45(52)48-34-38(26-30-55(48)61)39-27-31-57-49(35-39)46-19-9-12-24-54(46)63(57)43-29-33-58-51(37-43)60-44(21-13-25-59(60)64-58)40-28-32-56-50(36-40)47-20-8-11-23-53(47)62(56)42-16-5-2-6-17-42/h1-37H. The molecule has 298 valence electrons. The van der Waals surface area contributed by atoms with Crippen LogP contribution in [-0.4, -0.2) is 13.7 Å². The maximum atomic E-state index is 6.62. The topological polar surface area (TPSA) is 27.9 Å². The van der Waals surface area contributed by atoms with E-state index in [4.69, 9.17) is 4.42 Å². The second-order valence-corrected chi connectivity index (χ2v) is 16.9. The average molecular weight is 816 g/mol. The van der Waals surface area contributed by atoms with Crippen LogP contribution in [0.4, 0.5) is 0 Å². The fourth-order valence-electron chi connectivity index (χ4n) is 10.6. The van der Waals surface area contributed by atoms with Crippen LogP contribution in [-0.2, 0) is 0 Å². The summed E-state index contributed by atoms with van der Waals surface area (Å²) in [5.74, 6) is 0. The number of hydrogen-bond donors (Lipinski definition) is 0. The molecule has 0 aliphatic carbocycles. The van der Waals surface area contributed by atoms with Crippen molar-refractivity contribution < 1.29 is 4.42 Å². The molecule has 0 atom stereocenters. The Balaban J connectivity index is 0.921. The molecule has 0 bridgehead atoms. The van der Waals surface area contributed by atoms with Crippen molar-refractivity contribution in [2.45, 2.75) is 0 Å². The van der Waals surface area contributed by atoms with Gasteiger partial charge in [-0.25, -0.2) is 0 Å². The zero-order valence-electron chi connectivity index (χ0n) is 34.6. The molecule has 0 amide bonds. The highest BCUT2D eigenvalue weighted by atomic mass is 16.3. The van der Waals surface area contributed by atoms with E-state index in [9.17, 15) is 0 Å². The number of furan rings is 1. The van der Waals surface area contributed by atoms with Crippen LogP contribution in [0.25, 0.3) is 127 Å². The quantitative estimate of drug-likeness (QED) is 0.170. The van der Waals surface area contributed by atoms with Crippen LogP contribution in [0.2, 0.25) is 0 Å². The van der Waals surface area contributed by atoms with Crippen molar-refractivity contribution in [3.8, 4) is 39.3 Å². The van der Waals surface area contributed by atoms with Crippen LogP contribution < -0.4 is 0 Å². The van der Waals surface area contributed by atoms with Gasteiger partial charge in [0.15, 0.2) is 0 Å². The van der Waals surface area contributed by atoms with Crippen LogP contribution in [0.15, 0.2) is 229 Å². The molecular weight excluding hydrogens is 779 g/mol. The summed E-state index contributed by atoms with van der Waals surface area (Å²) in [4.78, 5) is 0. The van der Waals surface area contributed by atoms with E-state index in [1.807, 2.05) is 0 Å². The third kappa shape index (κ3) is 5.05. The second kappa shape index (κ2) is 13.4. The Hall–Kier alpha value is -8.60. The molecule has 0 unspecified atom stereocenters. The first-order valence-electron chi connectivity index (χ1n) is 21.9. The molecule has 0 fully saturated rings. The van der Waals surface area contributed by atoms with Crippen molar-refractivity contribution in [1.82, 2.24) is 13.7 Å². The summed E-state index contributed by atoms with van der Waals surface area (Å²) in [5, 5.41) is 9.63. The highest BCUT2D eigenvalue weighted by Gasteiger charge is 2.20. The first kappa shape index (κ1) is 35.0. The van der Waals surface area contributed by atoms with Crippen molar-refractivity contribution >= 4 is 87.4 Å². The third-order valence-corrected chi connectivity index (χ3v) is 13.4. The lowest BCUT2D eigenvalue weighted by atomic mass is 9.97. The highest BCUT2D eigenvalue weighted by Crippen LogP contribution is 2.43. The lowest BCUT2D eigenvalue weighted by molar-refractivity contribution is 0.669. The van der Waals surface area contributed by atoms with Crippen molar-refractivity contribution in [2.24, 2.45) is 0 Å². The fraction of sp³-hybridized carbons (Fsp3) is 0. The van der Waals surface area contributed by atoms with Crippen molar-refractivity contribution in [3.63, 3.8) is 0 Å². The first-order chi connectivity index (χ1) is 31.7. The minimum Gasteiger partial charge on any atom is -0.456 e. The molecular formula is C60H37N3O. The SMILES string of the molecule is c1ccc(-n2c3ccccc3c3cc(-c4ccc5c(c4)c4ccccc4n5-c4ccc5oc6cccc(-c7ccc8c(c7)c7ccccc7n8-c7ccccc7)c6c5c4)ccc32)cc1. The zero-order chi connectivity index (χ0) is 41.9. The van der Waals surface area contributed by atoms with Crippen molar-refractivity contribution in [2.75, 3.05) is 0 Å². The van der Waals surface area contributed by atoms with Crippen LogP contribution in [0, 0.1) is 0 Å². The van der Waals surface area contributed by atoms with Gasteiger partial charge in [-0.15, -0.1) is 0 Å². The predicted octanol–water partition coefficient (Wildman–Crippen LogP) is 16.2. The zero-order valence-corrected chi connectivity index (χ0v) is 34.6. The Bertz CT molecular complexity index is 4180. The van der Waals surface area contributed by atoms with Gasteiger partial charge in [0, 0.05) is 60.2 Å². The summed E-state index contributed by atoms with van der Waals surface area (Å²) < 4.78 is 13.8. The maximum Gasteiger partial charge on any atom is 0.136 e. The van der Waals surface area contributed by atoms with Gasteiger partial charge >= 0.3 is 0 Å². The van der Waals surface area contributed by atoms with Gasteiger partial charge in [0.25, 0.3) is 0 Å². The van der Waals surface area contributed by atoms with E-state index in [0.717, 1.165) is 44.4 Å². The summed E-state index contributed by atoms with van der Waals surface area (Å²) in [5.41, 5.74) is 17.0. The number of fused-ring (bicyclic) bond motifs is 12. The van der Waals surface area contributed by atoms with Gasteiger partial charge in [0.05, 0.1) is 33.1 Å². The van der Waals surface area contributed by atoms with Gasteiger partial charge in [0.2, 0.25) is 0 Å². The number of rotatable bonds is 5. The fourth-order valence-corrected chi connectivity index (χ4v) is 10.6. The molecule has 0 saturated heterocycles. The summed E-state index contributed by atoms with van der Waals surface area (Å²) in [7, 11) is 0. The highest BCUT2D eigenvalue weighted by molar-refractivity contribution is 6.17. The predicted molar refractivity (Wildman–Crippen MR) is 268 cm³/mol. The first-order valence-corrected chi connectivity index (χ1v) is 21.9. The minimum absolute atomic E-state index is 0.875. The van der Waals surface area contributed by atoms with E-state index >= 15 is 0 Å². The van der Waals surface area contributed by atoms with Crippen molar-refractivity contribution in [1.29, 1.82) is 0 Å². The Morgan fingerprint density at radius 1 is 0.250 bits per heavy atom. The van der Waals surface area contributed by atoms with Crippen LogP contribution in [0.3, 0.4) is 0 Å². The second-order valence-electron chi connectivity index (χ2n) is 16.9. The van der Waals surface area contributed by atoms with Crippen molar-refractivity contribution in [3.05, 3.63) is 224 Å². The van der Waals surface area contributed by atoms with E-state index in [-0.39, 0.29) is 0 Å². The molecule has 64 heavy (non-hydrogen) atoms. The number of hydrogen-bond acceptors (Lipinski definition) is 1. The molecule has 0 aliphatic rings. The molecule has 4 aromatic heterocycles. The lowest BCUT2D eigenvalue weighted by Crippen LogP contribution is -1.93. The van der Waals surface area contributed by atoms with E-state index < -0.39 is 0 Å². The Morgan fingerprint density at radius 3 is 1.22 bits per heavy atom. The largest absolute Gasteiger partial charge is 0.456 e. The Labute approximate surface area is 367 Å². The minimum atomic E-state index is 0.875. The van der Waals surface area contributed by atoms with E-state index in [0.29, 0.717) is 0 Å². The maximum absolute atomic E-state index is 6.62.